The Bertz CT molecular complexity index is 1380. The zero-order chi connectivity index (χ0) is 24.1. The molecule has 8 heteroatoms. The van der Waals surface area contributed by atoms with Crippen molar-refractivity contribution in [3.8, 4) is 16.9 Å². The molecule has 172 valence electrons. The van der Waals surface area contributed by atoms with E-state index < -0.39 is 23.9 Å². The number of halogens is 1. The molecule has 3 aromatic carbocycles. The van der Waals surface area contributed by atoms with Crippen LogP contribution in [-0.4, -0.2) is 18.1 Å². The van der Waals surface area contributed by atoms with E-state index in [1.165, 1.54) is 55.7 Å². The molecule has 1 amide bonds. The largest absolute Gasteiger partial charge is 0.463 e. The second kappa shape index (κ2) is 9.99. The molecule has 0 spiro atoms. The average Bonchev–Trinajstić information content (AvgIpc) is 2.84. The van der Waals surface area contributed by atoms with Crippen molar-refractivity contribution in [1.82, 2.24) is 5.32 Å². The van der Waals surface area contributed by atoms with Gasteiger partial charge in [0.15, 0.2) is 5.43 Å². The van der Waals surface area contributed by atoms with Gasteiger partial charge >= 0.3 is 12.1 Å². The van der Waals surface area contributed by atoms with Crippen LogP contribution in [0.4, 0.5) is 9.18 Å². The molecule has 0 aliphatic carbocycles. The average molecular weight is 461 g/mol. The predicted octanol–water partition coefficient (Wildman–Crippen LogP) is 4.82. The van der Waals surface area contributed by atoms with Crippen LogP contribution in [0.15, 0.2) is 88.3 Å². The van der Waals surface area contributed by atoms with Crippen molar-refractivity contribution in [2.45, 2.75) is 19.6 Å². The van der Waals surface area contributed by atoms with Gasteiger partial charge < -0.3 is 19.2 Å². The highest BCUT2D eigenvalue weighted by Crippen LogP contribution is 2.23. The SMILES string of the molecule is CC(NC(=O)OCc1ccccc1)C(=O)Oc1ccc2c(=O)c(-c3ccc(F)cc3)coc2c1. The van der Waals surface area contributed by atoms with Gasteiger partial charge in [0.05, 0.1) is 10.9 Å². The summed E-state index contributed by atoms with van der Waals surface area (Å²) in [6.45, 7) is 1.53. The highest BCUT2D eigenvalue weighted by Gasteiger charge is 2.19. The van der Waals surface area contributed by atoms with Gasteiger partial charge in [0.1, 0.15) is 36.1 Å². The Kier molecular flexibility index (Phi) is 6.68. The molecule has 1 unspecified atom stereocenters. The number of esters is 1. The smallest absolute Gasteiger partial charge is 0.408 e. The molecule has 0 bridgehead atoms. The topological polar surface area (TPSA) is 94.8 Å². The van der Waals surface area contributed by atoms with Crippen LogP contribution in [0.3, 0.4) is 0 Å². The van der Waals surface area contributed by atoms with Gasteiger partial charge in [-0.3, -0.25) is 4.79 Å². The molecule has 0 aliphatic heterocycles. The maximum Gasteiger partial charge on any atom is 0.408 e. The van der Waals surface area contributed by atoms with Crippen molar-refractivity contribution in [1.29, 1.82) is 0 Å². The molecule has 4 rings (SSSR count). The lowest BCUT2D eigenvalue weighted by Gasteiger charge is -2.13. The minimum absolute atomic E-state index is 0.0675. The van der Waals surface area contributed by atoms with E-state index in [1.807, 2.05) is 30.3 Å². The summed E-state index contributed by atoms with van der Waals surface area (Å²) in [5.74, 6) is -0.990. The van der Waals surface area contributed by atoms with Crippen LogP contribution in [0.25, 0.3) is 22.1 Å². The first-order valence-corrected chi connectivity index (χ1v) is 10.4. The van der Waals surface area contributed by atoms with Crippen LogP contribution in [-0.2, 0) is 16.1 Å². The standard InChI is InChI=1S/C26H20FNO6/c1-16(28-26(31)33-14-17-5-3-2-4-6-17)25(30)34-20-11-12-21-23(13-20)32-15-22(24(21)29)18-7-9-19(27)10-8-18/h2-13,15-16H,14H2,1H3,(H,28,31). The van der Waals surface area contributed by atoms with Crippen LogP contribution < -0.4 is 15.5 Å². The Balaban J connectivity index is 1.40. The first-order chi connectivity index (χ1) is 16.4. The lowest BCUT2D eigenvalue weighted by Crippen LogP contribution is -2.41. The molecule has 0 fully saturated rings. The molecule has 1 atom stereocenters. The Morgan fingerprint density at radius 2 is 1.76 bits per heavy atom. The number of benzene rings is 3. The molecule has 0 saturated heterocycles. The molecule has 0 aliphatic rings. The van der Waals surface area contributed by atoms with Gasteiger partial charge in [-0.15, -0.1) is 0 Å². The zero-order valence-electron chi connectivity index (χ0n) is 18.1. The molecule has 34 heavy (non-hydrogen) atoms. The molecule has 1 heterocycles. The van der Waals surface area contributed by atoms with Gasteiger partial charge in [-0.1, -0.05) is 42.5 Å². The van der Waals surface area contributed by atoms with E-state index in [0.717, 1.165) is 5.56 Å². The summed E-state index contributed by atoms with van der Waals surface area (Å²) < 4.78 is 29.1. The number of carbonyl (C=O) groups is 2. The summed E-state index contributed by atoms with van der Waals surface area (Å²) in [7, 11) is 0. The number of hydrogen-bond acceptors (Lipinski definition) is 6. The fourth-order valence-corrected chi connectivity index (χ4v) is 3.21. The van der Waals surface area contributed by atoms with Gasteiger partial charge in [0.2, 0.25) is 0 Å². The van der Waals surface area contributed by atoms with Crippen molar-refractivity contribution in [2.24, 2.45) is 0 Å². The number of hydrogen-bond donors (Lipinski definition) is 1. The van der Waals surface area contributed by atoms with Crippen molar-refractivity contribution in [3.05, 3.63) is 101 Å². The summed E-state index contributed by atoms with van der Waals surface area (Å²) in [4.78, 5) is 37.1. The molecule has 0 radical (unpaired) electrons. The Morgan fingerprint density at radius 3 is 2.50 bits per heavy atom. The number of fused-ring (bicyclic) bond motifs is 1. The van der Waals surface area contributed by atoms with Crippen LogP contribution >= 0.6 is 0 Å². The summed E-state index contributed by atoms with van der Waals surface area (Å²) in [5.41, 5.74) is 1.52. The lowest BCUT2D eigenvalue weighted by molar-refractivity contribution is -0.136. The van der Waals surface area contributed by atoms with Crippen molar-refractivity contribution < 1.29 is 27.9 Å². The second-order valence-corrected chi connectivity index (χ2v) is 7.49. The van der Waals surface area contributed by atoms with Crippen LogP contribution in [0, 0.1) is 5.82 Å². The fourth-order valence-electron chi connectivity index (χ4n) is 3.21. The molecular formula is C26H20FNO6. The number of ether oxygens (including phenoxy) is 2. The van der Waals surface area contributed by atoms with Gasteiger partial charge in [-0.25, -0.2) is 14.0 Å². The van der Waals surface area contributed by atoms with Crippen molar-refractivity contribution in [3.63, 3.8) is 0 Å². The third kappa shape index (κ3) is 5.29. The van der Waals surface area contributed by atoms with Crippen molar-refractivity contribution >= 4 is 23.0 Å². The van der Waals surface area contributed by atoms with E-state index >= 15 is 0 Å². The van der Waals surface area contributed by atoms with Gasteiger partial charge in [-0.2, -0.15) is 0 Å². The van der Waals surface area contributed by atoms with Crippen molar-refractivity contribution in [2.75, 3.05) is 0 Å². The maximum atomic E-state index is 13.2. The Morgan fingerprint density at radius 1 is 1.03 bits per heavy atom. The highest BCUT2D eigenvalue weighted by atomic mass is 19.1. The summed E-state index contributed by atoms with van der Waals surface area (Å²) in [6.07, 6.45) is 0.516. The third-order valence-electron chi connectivity index (χ3n) is 5.02. The maximum absolute atomic E-state index is 13.2. The first kappa shape index (κ1) is 22.7. The molecule has 0 saturated carbocycles. The fraction of sp³-hybridized carbons (Fsp3) is 0.115. The normalized spacial score (nSPS) is 11.6. The minimum Gasteiger partial charge on any atom is -0.463 e. The zero-order valence-corrected chi connectivity index (χ0v) is 18.1. The Hall–Kier alpha value is -4.46. The second-order valence-electron chi connectivity index (χ2n) is 7.49. The minimum atomic E-state index is -0.980. The third-order valence-corrected chi connectivity index (χ3v) is 5.02. The van der Waals surface area contributed by atoms with Gasteiger partial charge in [-0.05, 0) is 42.3 Å². The van der Waals surface area contributed by atoms with E-state index in [2.05, 4.69) is 5.32 Å². The lowest BCUT2D eigenvalue weighted by atomic mass is 10.1. The molecular weight excluding hydrogens is 441 g/mol. The molecule has 1 N–H and O–H groups in total. The van der Waals surface area contributed by atoms with Crippen LogP contribution in [0.1, 0.15) is 12.5 Å². The number of amides is 1. The highest BCUT2D eigenvalue weighted by molar-refractivity contribution is 5.85. The van der Waals surface area contributed by atoms with E-state index in [-0.39, 0.29) is 34.3 Å². The summed E-state index contributed by atoms with van der Waals surface area (Å²) >= 11 is 0. The molecule has 1 aromatic heterocycles. The van der Waals surface area contributed by atoms with E-state index in [0.29, 0.717) is 5.56 Å². The first-order valence-electron chi connectivity index (χ1n) is 10.4. The van der Waals surface area contributed by atoms with Crippen LogP contribution in [0.2, 0.25) is 0 Å². The number of alkyl carbamates (subject to hydrolysis) is 1. The monoisotopic (exact) mass is 461 g/mol. The summed E-state index contributed by atoms with van der Waals surface area (Å²) in [5, 5.41) is 2.69. The Labute approximate surface area is 193 Å². The summed E-state index contributed by atoms with van der Waals surface area (Å²) in [6, 6.07) is 18.0. The van der Waals surface area contributed by atoms with E-state index in [4.69, 9.17) is 13.9 Å². The van der Waals surface area contributed by atoms with Gasteiger partial charge in [0, 0.05) is 6.07 Å². The predicted molar refractivity (Wildman–Crippen MR) is 123 cm³/mol. The number of carbonyl (C=O) groups excluding carboxylic acids is 2. The van der Waals surface area contributed by atoms with Gasteiger partial charge in [0.25, 0.3) is 0 Å². The van der Waals surface area contributed by atoms with Crippen LogP contribution in [0.5, 0.6) is 5.75 Å². The molecule has 7 nitrogen and oxygen atoms in total. The van der Waals surface area contributed by atoms with E-state index in [9.17, 15) is 18.8 Å². The quantitative estimate of drug-likeness (QED) is 0.327. The number of rotatable bonds is 6. The van der Waals surface area contributed by atoms with E-state index in [1.54, 1.807) is 0 Å². The molecule has 4 aromatic rings. The number of nitrogens with one attached hydrogen (secondary N) is 1.